The quantitative estimate of drug-likeness (QED) is 0.762. The summed E-state index contributed by atoms with van der Waals surface area (Å²) in [5.74, 6) is 0.934. The molecule has 0 aromatic rings. The second-order valence-electron chi connectivity index (χ2n) is 4.21. The highest BCUT2D eigenvalue weighted by molar-refractivity contribution is 5.85. The molecular formula is C11H23ClN2O2. The third-order valence-corrected chi connectivity index (χ3v) is 2.99. The van der Waals surface area contributed by atoms with Gasteiger partial charge in [-0.3, -0.25) is 4.79 Å². The number of hydrogen-bond acceptors (Lipinski definition) is 3. The number of halogens is 1. The molecule has 0 aromatic heterocycles. The average Bonchev–Trinajstić information content (AvgIpc) is 2.75. The Morgan fingerprint density at radius 2 is 2.31 bits per heavy atom. The number of methoxy groups -OCH3 is 1. The van der Waals surface area contributed by atoms with Gasteiger partial charge < -0.3 is 15.0 Å². The fraction of sp³-hybridized carbons (Fsp3) is 0.909. The third kappa shape index (κ3) is 5.68. The summed E-state index contributed by atoms with van der Waals surface area (Å²) in [6, 6.07) is 0. The second-order valence-corrected chi connectivity index (χ2v) is 4.21. The number of carbonyl (C=O) groups is 1. The lowest BCUT2D eigenvalue weighted by Gasteiger charge is -2.17. The molecular weight excluding hydrogens is 228 g/mol. The molecule has 1 amide bonds. The molecule has 1 N–H and O–H groups in total. The molecule has 1 atom stereocenters. The predicted molar refractivity (Wildman–Crippen MR) is 67.0 cm³/mol. The molecule has 5 heteroatoms. The first-order valence-electron chi connectivity index (χ1n) is 5.67. The summed E-state index contributed by atoms with van der Waals surface area (Å²) in [7, 11) is 3.50. The number of rotatable bonds is 6. The molecule has 0 bridgehead atoms. The standard InChI is InChI=1S/C11H22N2O2.ClH/c1-13(7-8-15-2)11(14)4-3-10-5-6-12-9-10;/h10,12H,3-9H2,1-2H3;1H. The number of ether oxygens (including phenoxy) is 1. The van der Waals surface area contributed by atoms with Gasteiger partial charge in [-0.1, -0.05) is 0 Å². The molecule has 1 aliphatic rings. The predicted octanol–water partition coefficient (Wildman–Crippen LogP) is 0.903. The Balaban J connectivity index is 0.00000225. The van der Waals surface area contributed by atoms with Crippen LogP contribution in [0.4, 0.5) is 0 Å². The van der Waals surface area contributed by atoms with Gasteiger partial charge in [0.2, 0.25) is 5.91 Å². The van der Waals surface area contributed by atoms with Crippen molar-refractivity contribution in [1.82, 2.24) is 10.2 Å². The Hall–Kier alpha value is -0.320. The topological polar surface area (TPSA) is 41.6 Å². The van der Waals surface area contributed by atoms with Gasteiger partial charge in [0.25, 0.3) is 0 Å². The van der Waals surface area contributed by atoms with E-state index in [1.165, 1.54) is 6.42 Å². The van der Waals surface area contributed by atoms with Crippen LogP contribution in [0.15, 0.2) is 0 Å². The Morgan fingerprint density at radius 3 is 2.88 bits per heavy atom. The molecule has 96 valence electrons. The van der Waals surface area contributed by atoms with E-state index < -0.39 is 0 Å². The van der Waals surface area contributed by atoms with E-state index in [4.69, 9.17) is 4.74 Å². The maximum atomic E-state index is 11.7. The molecule has 16 heavy (non-hydrogen) atoms. The van der Waals surface area contributed by atoms with Crippen molar-refractivity contribution in [3.05, 3.63) is 0 Å². The smallest absolute Gasteiger partial charge is 0.222 e. The minimum absolute atomic E-state index is 0. The van der Waals surface area contributed by atoms with Crippen LogP contribution in [0, 0.1) is 5.92 Å². The second kappa shape index (κ2) is 8.79. The van der Waals surface area contributed by atoms with Crippen LogP contribution in [-0.2, 0) is 9.53 Å². The van der Waals surface area contributed by atoms with Gasteiger partial charge in [0.1, 0.15) is 0 Å². The molecule has 0 spiro atoms. The van der Waals surface area contributed by atoms with Crippen molar-refractivity contribution in [2.75, 3.05) is 40.4 Å². The van der Waals surface area contributed by atoms with E-state index >= 15 is 0 Å². The Labute approximate surface area is 104 Å². The van der Waals surface area contributed by atoms with Gasteiger partial charge in [0.15, 0.2) is 0 Å². The molecule has 1 aliphatic heterocycles. The minimum atomic E-state index is 0. The highest BCUT2D eigenvalue weighted by Crippen LogP contribution is 2.14. The molecule has 1 unspecified atom stereocenters. The highest BCUT2D eigenvalue weighted by atomic mass is 35.5. The van der Waals surface area contributed by atoms with E-state index in [1.807, 2.05) is 7.05 Å². The number of hydrogen-bond donors (Lipinski definition) is 1. The van der Waals surface area contributed by atoms with E-state index in [-0.39, 0.29) is 18.3 Å². The summed E-state index contributed by atoms with van der Waals surface area (Å²) in [6.07, 6.45) is 2.91. The maximum absolute atomic E-state index is 11.7. The Bertz CT molecular complexity index is 196. The fourth-order valence-corrected chi connectivity index (χ4v) is 1.83. The number of nitrogens with zero attached hydrogens (tertiary/aromatic N) is 1. The lowest BCUT2D eigenvalue weighted by molar-refractivity contribution is -0.130. The van der Waals surface area contributed by atoms with E-state index in [2.05, 4.69) is 5.32 Å². The van der Waals surface area contributed by atoms with Crippen LogP contribution in [0.3, 0.4) is 0 Å². The van der Waals surface area contributed by atoms with Gasteiger partial charge >= 0.3 is 0 Å². The summed E-state index contributed by atoms with van der Waals surface area (Å²) >= 11 is 0. The summed E-state index contributed by atoms with van der Waals surface area (Å²) < 4.78 is 4.94. The van der Waals surface area contributed by atoms with E-state index in [9.17, 15) is 4.79 Å². The van der Waals surface area contributed by atoms with Crippen LogP contribution in [0.1, 0.15) is 19.3 Å². The van der Waals surface area contributed by atoms with E-state index in [0.29, 0.717) is 25.5 Å². The monoisotopic (exact) mass is 250 g/mol. The summed E-state index contributed by atoms with van der Waals surface area (Å²) in [5.41, 5.74) is 0. The van der Waals surface area contributed by atoms with Crippen molar-refractivity contribution < 1.29 is 9.53 Å². The van der Waals surface area contributed by atoms with Crippen LogP contribution in [0.5, 0.6) is 0 Å². The zero-order valence-corrected chi connectivity index (χ0v) is 11.0. The third-order valence-electron chi connectivity index (χ3n) is 2.99. The van der Waals surface area contributed by atoms with Crippen molar-refractivity contribution in [2.45, 2.75) is 19.3 Å². The van der Waals surface area contributed by atoms with E-state index in [0.717, 1.165) is 19.5 Å². The summed E-state index contributed by atoms with van der Waals surface area (Å²) in [5, 5.41) is 3.31. The molecule has 0 aliphatic carbocycles. The normalized spacial score (nSPS) is 19.2. The van der Waals surface area contributed by atoms with Crippen LogP contribution in [0.2, 0.25) is 0 Å². The zero-order valence-electron chi connectivity index (χ0n) is 10.2. The van der Waals surface area contributed by atoms with Gasteiger partial charge in [-0.25, -0.2) is 0 Å². The minimum Gasteiger partial charge on any atom is -0.383 e. The first-order chi connectivity index (χ1) is 7.24. The van der Waals surface area contributed by atoms with Crippen molar-refractivity contribution in [2.24, 2.45) is 5.92 Å². The van der Waals surface area contributed by atoms with Gasteiger partial charge in [-0.05, 0) is 31.8 Å². The molecule has 1 saturated heterocycles. The number of nitrogens with one attached hydrogen (secondary N) is 1. The van der Waals surface area contributed by atoms with Gasteiger partial charge in [0, 0.05) is 27.1 Å². The zero-order chi connectivity index (χ0) is 11.1. The van der Waals surface area contributed by atoms with Gasteiger partial charge in [-0.15, -0.1) is 12.4 Å². The molecule has 1 fully saturated rings. The lowest BCUT2D eigenvalue weighted by Crippen LogP contribution is -2.30. The molecule has 4 nitrogen and oxygen atoms in total. The molecule has 1 rings (SSSR count). The van der Waals surface area contributed by atoms with Crippen LogP contribution in [-0.4, -0.2) is 51.2 Å². The molecule has 0 aromatic carbocycles. The Morgan fingerprint density at radius 1 is 1.56 bits per heavy atom. The van der Waals surface area contributed by atoms with Crippen molar-refractivity contribution >= 4 is 18.3 Å². The lowest BCUT2D eigenvalue weighted by atomic mass is 10.0. The van der Waals surface area contributed by atoms with Crippen LogP contribution >= 0.6 is 12.4 Å². The van der Waals surface area contributed by atoms with Gasteiger partial charge in [-0.2, -0.15) is 0 Å². The first-order valence-corrected chi connectivity index (χ1v) is 5.67. The van der Waals surface area contributed by atoms with Crippen molar-refractivity contribution in [1.29, 1.82) is 0 Å². The van der Waals surface area contributed by atoms with Crippen molar-refractivity contribution in [3.8, 4) is 0 Å². The maximum Gasteiger partial charge on any atom is 0.222 e. The van der Waals surface area contributed by atoms with E-state index in [1.54, 1.807) is 12.0 Å². The first kappa shape index (κ1) is 15.7. The number of amides is 1. The molecule has 1 heterocycles. The molecule has 0 saturated carbocycles. The van der Waals surface area contributed by atoms with Gasteiger partial charge in [0.05, 0.1) is 6.61 Å². The largest absolute Gasteiger partial charge is 0.383 e. The van der Waals surface area contributed by atoms with Crippen molar-refractivity contribution in [3.63, 3.8) is 0 Å². The molecule has 0 radical (unpaired) electrons. The highest BCUT2D eigenvalue weighted by Gasteiger charge is 2.16. The number of carbonyl (C=O) groups excluding carboxylic acids is 1. The fourth-order valence-electron chi connectivity index (χ4n) is 1.83. The Kier molecular flexibility index (Phi) is 8.61. The SMILES string of the molecule is COCCN(C)C(=O)CCC1CCNC1.Cl. The van der Waals surface area contributed by atoms with Crippen LogP contribution in [0.25, 0.3) is 0 Å². The summed E-state index contributed by atoms with van der Waals surface area (Å²) in [6.45, 7) is 3.50. The average molecular weight is 251 g/mol. The number of likely N-dealkylation sites (N-methyl/N-ethyl adjacent to an activating group) is 1. The summed E-state index contributed by atoms with van der Waals surface area (Å²) in [4.78, 5) is 13.4. The van der Waals surface area contributed by atoms with Crippen LogP contribution < -0.4 is 5.32 Å².